The summed E-state index contributed by atoms with van der Waals surface area (Å²) in [7, 11) is 1.83. The van der Waals surface area contributed by atoms with Gasteiger partial charge in [0.2, 0.25) is 0 Å². The van der Waals surface area contributed by atoms with Crippen LogP contribution in [-0.4, -0.2) is 27.8 Å². The fraction of sp³-hybridized carbons (Fsp3) is 0.500. The average Bonchev–Trinajstić information content (AvgIpc) is 2.84. The molecular formula is C16H20N4OS. The van der Waals surface area contributed by atoms with E-state index in [0.717, 1.165) is 16.6 Å². The summed E-state index contributed by atoms with van der Waals surface area (Å²) in [5.41, 5.74) is 2.04. The van der Waals surface area contributed by atoms with Crippen molar-refractivity contribution in [2.75, 3.05) is 5.32 Å². The van der Waals surface area contributed by atoms with Crippen LogP contribution in [0.1, 0.15) is 46.8 Å². The number of thiophene rings is 1. The summed E-state index contributed by atoms with van der Waals surface area (Å²) in [6, 6.07) is 3.40. The molecule has 0 spiro atoms. The van der Waals surface area contributed by atoms with Crippen molar-refractivity contribution in [1.29, 1.82) is 0 Å². The summed E-state index contributed by atoms with van der Waals surface area (Å²) >= 11 is 1.53. The van der Waals surface area contributed by atoms with Crippen LogP contribution >= 0.6 is 11.3 Å². The third-order valence-corrected chi connectivity index (χ3v) is 5.53. The van der Waals surface area contributed by atoms with Crippen molar-refractivity contribution in [2.45, 2.75) is 43.7 Å². The van der Waals surface area contributed by atoms with E-state index < -0.39 is 0 Å². The van der Waals surface area contributed by atoms with E-state index in [9.17, 15) is 4.79 Å². The zero-order valence-electron chi connectivity index (χ0n) is 12.6. The van der Waals surface area contributed by atoms with Crippen LogP contribution in [0, 0.1) is 0 Å². The lowest BCUT2D eigenvalue weighted by atomic mass is 9.93. The van der Waals surface area contributed by atoms with Crippen LogP contribution in [0.4, 0.5) is 5.69 Å². The van der Waals surface area contributed by atoms with Gasteiger partial charge in [-0.1, -0.05) is 6.42 Å². The van der Waals surface area contributed by atoms with Gasteiger partial charge in [0.25, 0.3) is 5.91 Å². The predicted molar refractivity (Wildman–Crippen MR) is 87.4 cm³/mol. The molecule has 2 saturated carbocycles. The van der Waals surface area contributed by atoms with Gasteiger partial charge in [0.1, 0.15) is 0 Å². The lowest BCUT2D eigenvalue weighted by Crippen LogP contribution is -2.37. The van der Waals surface area contributed by atoms with Crippen LogP contribution in [-0.2, 0) is 7.05 Å². The quantitative estimate of drug-likeness (QED) is 0.892. The number of aryl methyl sites for hydroxylation is 1. The largest absolute Gasteiger partial charge is 0.319 e. The minimum Gasteiger partial charge on any atom is -0.319 e. The van der Waals surface area contributed by atoms with Gasteiger partial charge in [0.05, 0.1) is 16.8 Å². The zero-order chi connectivity index (χ0) is 15.1. The monoisotopic (exact) mass is 316 g/mol. The maximum absolute atomic E-state index is 12.2. The van der Waals surface area contributed by atoms with Gasteiger partial charge in [-0.2, -0.15) is 5.10 Å². The number of nitrogens with zero attached hydrogens (tertiary/aromatic N) is 2. The molecular weight excluding hydrogens is 296 g/mol. The number of anilines is 1. The number of rotatable bonds is 5. The molecule has 5 nitrogen and oxygen atoms in total. The molecule has 116 valence electrons. The molecule has 2 aromatic rings. The second-order valence-electron chi connectivity index (χ2n) is 6.34. The minimum absolute atomic E-state index is 0.0478. The minimum atomic E-state index is -0.0478. The average molecular weight is 316 g/mol. The molecule has 0 radical (unpaired) electrons. The molecule has 0 aromatic carbocycles. The smallest absolute Gasteiger partial charge is 0.265 e. The van der Waals surface area contributed by atoms with E-state index in [1.54, 1.807) is 17.1 Å². The van der Waals surface area contributed by atoms with E-state index in [2.05, 4.69) is 21.1 Å². The summed E-state index contributed by atoms with van der Waals surface area (Å²) in [6.45, 7) is 0. The van der Waals surface area contributed by atoms with Gasteiger partial charge in [0.15, 0.2) is 0 Å². The Hall–Kier alpha value is -1.66. The van der Waals surface area contributed by atoms with Crippen molar-refractivity contribution in [3.8, 4) is 0 Å². The molecule has 1 amide bonds. The van der Waals surface area contributed by atoms with Crippen LogP contribution in [0.2, 0.25) is 0 Å². The molecule has 2 aromatic heterocycles. The summed E-state index contributed by atoms with van der Waals surface area (Å²) in [5.74, 6) is 0.546. The Kier molecular flexibility index (Phi) is 3.50. The Morgan fingerprint density at radius 1 is 1.45 bits per heavy atom. The Labute approximate surface area is 133 Å². The highest BCUT2D eigenvalue weighted by atomic mass is 32.1. The van der Waals surface area contributed by atoms with E-state index in [0.29, 0.717) is 12.0 Å². The third-order valence-electron chi connectivity index (χ3n) is 4.58. The lowest BCUT2D eigenvalue weighted by molar-refractivity contribution is 0.103. The number of hydrogen-bond donors (Lipinski definition) is 2. The Bertz CT molecular complexity index is 688. The number of carbonyl (C=O) groups excluding carboxylic acids is 1. The number of aromatic nitrogens is 2. The molecule has 0 bridgehead atoms. The molecule has 4 rings (SSSR count). The highest BCUT2D eigenvalue weighted by Gasteiger charge is 2.40. The number of hydrogen-bond acceptors (Lipinski definition) is 4. The van der Waals surface area contributed by atoms with Gasteiger partial charge >= 0.3 is 0 Å². The van der Waals surface area contributed by atoms with Crippen LogP contribution in [0.25, 0.3) is 0 Å². The fourth-order valence-electron chi connectivity index (χ4n) is 2.97. The van der Waals surface area contributed by atoms with Crippen LogP contribution < -0.4 is 10.6 Å². The maximum atomic E-state index is 12.2. The maximum Gasteiger partial charge on any atom is 0.265 e. The molecule has 2 N–H and O–H groups in total. The normalized spacial score (nSPS) is 24.0. The first-order valence-electron chi connectivity index (χ1n) is 7.83. The zero-order valence-corrected chi connectivity index (χ0v) is 13.4. The molecule has 22 heavy (non-hydrogen) atoms. The van der Waals surface area contributed by atoms with Gasteiger partial charge in [-0.05, 0) is 36.3 Å². The van der Waals surface area contributed by atoms with E-state index in [-0.39, 0.29) is 5.91 Å². The SMILES string of the molecule is Cn1cc(NC(=O)c2cc(C3C[C@@H]3NC3CCC3)cs2)cn1. The van der Waals surface area contributed by atoms with Crippen molar-refractivity contribution >= 4 is 22.9 Å². The Balaban J connectivity index is 1.36. The van der Waals surface area contributed by atoms with Gasteiger partial charge in [-0.3, -0.25) is 9.48 Å². The molecule has 2 aliphatic carbocycles. The standard InChI is InChI=1S/C16H20N4OS/c1-20-8-12(7-17-20)19-16(21)15-5-10(9-22-15)13-6-14(13)18-11-3-2-4-11/h5,7-9,11,13-14,18H,2-4,6H2,1H3,(H,19,21)/t13?,14-/m0/s1. The predicted octanol–water partition coefficient (Wildman–Crippen LogP) is 2.73. The molecule has 2 heterocycles. The molecule has 1 unspecified atom stereocenters. The first kappa shape index (κ1) is 14.0. The Morgan fingerprint density at radius 3 is 3.00 bits per heavy atom. The third kappa shape index (κ3) is 2.80. The molecule has 0 aliphatic heterocycles. The summed E-state index contributed by atoms with van der Waals surface area (Å²) < 4.78 is 1.68. The van der Waals surface area contributed by atoms with Gasteiger partial charge in [-0.15, -0.1) is 11.3 Å². The summed E-state index contributed by atoms with van der Waals surface area (Å²) in [6.07, 6.45) is 8.68. The van der Waals surface area contributed by atoms with E-state index in [1.807, 2.05) is 13.1 Å². The van der Waals surface area contributed by atoms with Crippen molar-refractivity contribution in [1.82, 2.24) is 15.1 Å². The summed E-state index contributed by atoms with van der Waals surface area (Å²) in [5, 5.41) is 12.8. The van der Waals surface area contributed by atoms with Crippen molar-refractivity contribution in [3.05, 3.63) is 34.3 Å². The topological polar surface area (TPSA) is 59.0 Å². The van der Waals surface area contributed by atoms with Crippen LogP contribution in [0.15, 0.2) is 23.8 Å². The Morgan fingerprint density at radius 2 is 2.32 bits per heavy atom. The molecule has 0 saturated heterocycles. The molecule has 2 fully saturated rings. The second kappa shape index (κ2) is 5.52. The van der Waals surface area contributed by atoms with Gasteiger partial charge < -0.3 is 10.6 Å². The number of amides is 1. The van der Waals surface area contributed by atoms with Crippen molar-refractivity contribution in [3.63, 3.8) is 0 Å². The highest BCUT2D eigenvalue weighted by Crippen LogP contribution is 2.43. The molecule has 2 atom stereocenters. The van der Waals surface area contributed by atoms with Crippen molar-refractivity contribution < 1.29 is 4.79 Å². The highest BCUT2D eigenvalue weighted by molar-refractivity contribution is 7.12. The first-order valence-corrected chi connectivity index (χ1v) is 8.71. The number of carbonyl (C=O) groups is 1. The number of nitrogens with one attached hydrogen (secondary N) is 2. The second-order valence-corrected chi connectivity index (χ2v) is 7.26. The van der Waals surface area contributed by atoms with Crippen LogP contribution in [0.5, 0.6) is 0 Å². The molecule has 2 aliphatic rings. The fourth-order valence-corrected chi connectivity index (χ4v) is 3.84. The first-order chi connectivity index (χ1) is 10.7. The summed E-state index contributed by atoms with van der Waals surface area (Å²) in [4.78, 5) is 13.0. The van der Waals surface area contributed by atoms with Gasteiger partial charge in [0, 0.05) is 31.2 Å². The molecule has 6 heteroatoms. The van der Waals surface area contributed by atoms with E-state index >= 15 is 0 Å². The van der Waals surface area contributed by atoms with Crippen molar-refractivity contribution in [2.24, 2.45) is 7.05 Å². The van der Waals surface area contributed by atoms with Gasteiger partial charge in [-0.25, -0.2) is 0 Å². The van der Waals surface area contributed by atoms with E-state index in [4.69, 9.17) is 0 Å². The van der Waals surface area contributed by atoms with E-state index in [1.165, 1.54) is 42.6 Å². The van der Waals surface area contributed by atoms with Crippen LogP contribution in [0.3, 0.4) is 0 Å². The lowest BCUT2D eigenvalue weighted by Gasteiger charge is -2.26.